The van der Waals surface area contributed by atoms with Gasteiger partial charge in [0.05, 0.1) is 5.92 Å². The molecule has 2 aromatic rings. The van der Waals surface area contributed by atoms with E-state index >= 15 is 0 Å². The molecule has 2 aromatic carbocycles. The highest BCUT2D eigenvalue weighted by Gasteiger charge is 2.44. The van der Waals surface area contributed by atoms with Crippen molar-refractivity contribution < 1.29 is 24.0 Å². The maximum absolute atomic E-state index is 12.8. The fourth-order valence-corrected chi connectivity index (χ4v) is 4.08. The van der Waals surface area contributed by atoms with Gasteiger partial charge < -0.3 is 14.4 Å². The molecule has 1 aliphatic rings. The van der Waals surface area contributed by atoms with Crippen molar-refractivity contribution in [3.05, 3.63) is 59.7 Å². The van der Waals surface area contributed by atoms with Gasteiger partial charge in [0.1, 0.15) is 18.8 Å². The van der Waals surface area contributed by atoms with E-state index in [-0.39, 0.29) is 12.5 Å². The summed E-state index contributed by atoms with van der Waals surface area (Å²) < 4.78 is 5.54. The van der Waals surface area contributed by atoms with E-state index in [1.54, 1.807) is 20.8 Å². The molecule has 2 N–H and O–H groups in total. The molecule has 6 nitrogen and oxygen atoms in total. The number of esters is 1. The molecule has 1 unspecified atom stereocenters. The number of carbonyl (C=O) groups is 3. The van der Waals surface area contributed by atoms with E-state index in [1.807, 2.05) is 48.5 Å². The van der Waals surface area contributed by atoms with E-state index < -0.39 is 29.2 Å². The van der Waals surface area contributed by atoms with Crippen molar-refractivity contribution in [3.8, 4) is 11.1 Å². The normalized spacial score (nSPS) is 15.0. The minimum Gasteiger partial charge on any atom is -0.464 e. The molecule has 0 aliphatic heterocycles. The number of carbonyl (C=O) groups excluding carboxylic acids is 3. The molecule has 0 saturated heterocycles. The Bertz CT molecular complexity index is 885. The molecule has 29 heavy (non-hydrogen) atoms. The predicted octanol–water partition coefficient (Wildman–Crippen LogP) is 3.24. The molecule has 0 heterocycles. The van der Waals surface area contributed by atoms with Gasteiger partial charge in [-0.2, -0.15) is 5.90 Å². The van der Waals surface area contributed by atoms with Gasteiger partial charge in [-0.1, -0.05) is 69.3 Å². The third-order valence-electron chi connectivity index (χ3n) is 5.44. The molecule has 2 atom stereocenters. The van der Waals surface area contributed by atoms with Crippen LogP contribution in [0.25, 0.3) is 11.1 Å². The second-order valence-electron chi connectivity index (χ2n) is 8.30. The second kappa shape index (κ2) is 8.17. The van der Waals surface area contributed by atoms with Gasteiger partial charge in [0, 0.05) is 5.92 Å². The molecular formula is C23H25NO5. The Morgan fingerprint density at radius 3 is 1.97 bits per heavy atom. The number of hydrogen-bond acceptors (Lipinski definition) is 6. The van der Waals surface area contributed by atoms with Crippen LogP contribution in [0.15, 0.2) is 48.5 Å². The quantitative estimate of drug-likeness (QED) is 0.349. The molecule has 0 spiro atoms. The second-order valence-corrected chi connectivity index (χ2v) is 8.30. The fourth-order valence-electron chi connectivity index (χ4n) is 4.08. The average Bonchev–Trinajstić information content (AvgIpc) is 3.02. The van der Waals surface area contributed by atoms with Crippen molar-refractivity contribution in [2.45, 2.75) is 26.7 Å². The summed E-state index contributed by atoms with van der Waals surface area (Å²) in [7, 11) is 0. The number of ether oxygens (including phenoxy) is 1. The van der Waals surface area contributed by atoms with Crippen LogP contribution in [0.4, 0.5) is 0 Å². The summed E-state index contributed by atoms with van der Waals surface area (Å²) in [6.07, 6.45) is 0.436. The van der Waals surface area contributed by atoms with Crippen LogP contribution >= 0.6 is 0 Å². The largest absolute Gasteiger partial charge is 0.464 e. The number of benzene rings is 2. The van der Waals surface area contributed by atoms with Crippen LogP contribution in [0.1, 0.15) is 37.8 Å². The van der Waals surface area contributed by atoms with E-state index in [2.05, 4.69) is 4.84 Å². The van der Waals surface area contributed by atoms with Crippen LogP contribution in [-0.4, -0.2) is 24.8 Å². The first-order valence-corrected chi connectivity index (χ1v) is 9.50. The maximum Gasteiger partial charge on any atom is 0.329 e. The van der Waals surface area contributed by atoms with E-state index in [4.69, 9.17) is 10.6 Å². The summed E-state index contributed by atoms with van der Waals surface area (Å²) in [5.74, 6) is 0.985. The Morgan fingerprint density at radius 1 is 1.00 bits per heavy atom. The molecule has 0 fully saturated rings. The van der Waals surface area contributed by atoms with Gasteiger partial charge in [-0.3, -0.25) is 9.59 Å². The summed E-state index contributed by atoms with van der Waals surface area (Å²) in [6.45, 7) is 5.29. The Labute approximate surface area is 170 Å². The van der Waals surface area contributed by atoms with Gasteiger partial charge in [0.2, 0.25) is 0 Å². The highest BCUT2D eigenvalue weighted by atomic mass is 16.7. The lowest BCUT2D eigenvalue weighted by Gasteiger charge is -2.31. The number of rotatable bonds is 6. The zero-order chi connectivity index (χ0) is 21.2. The fraction of sp³-hybridized carbons (Fsp3) is 0.348. The average molecular weight is 395 g/mol. The molecule has 3 rings (SSSR count). The molecule has 0 aromatic heterocycles. The summed E-state index contributed by atoms with van der Waals surface area (Å²) in [5, 5.41) is 0. The summed E-state index contributed by atoms with van der Waals surface area (Å²) >= 11 is 0. The minimum atomic E-state index is -1.29. The zero-order valence-electron chi connectivity index (χ0n) is 16.8. The lowest BCUT2D eigenvalue weighted by atomic mass is 9.73. The maximum atomic E-state index is 12.8. The molecule has 152 valence electrons. The number of fused-ring (bicyclic) bond motifs is 3. The van der Waals surface area contributed by atoms with Gasteiger partial charge in [-0.25, -0.2) is 0 Å². The Morgan fingerprint density at radius 2 is 1.52 bits per heavy atom. The van der Waals surface area contributed by atoms with Crippen molar-refractivity contribution in [2.75, 3.05) is 6.61 Å². The first kappa shape index (κ1) is 20.7. The zero-order valence-corrected chi connectivity index (χ0v) is 16.8. The third-order valence-corrected chi connectivity index (χ3v) is 5.44. The van der Waals surface area contributed by atoms with E-state index in [1.165, 1.54) is 0 Å². The van der Waals surface area contributed by atoms with Crippen LogP contribution in [0.2, 0.25) is 0 Å². The van der Waals surface area contributed by atoms with Crippen molar-refractivity contribution in [1.82, 2.24) is 0 Å². The molecule has 0 bridgehead atoms. The standard InChI is InChI=1S/C23H25NO5/c1-23(2,3)20(22(27)29-24)18(12-25)21(26)28-13-19-16-10-6-4-8-14(16)15-9-5-7-11-17(15)19/h4-12,18-20H,13,24H2,1-3H3/t18-,20?/m1/s1. The first-order valence-electron chi connectivity index (χ1n) is 9.50. The molecule has 0 amide bonds. The summed E-state index contributed by atoms with van der Waals surface area (Å²) in [4.78, 5) is 40.9. The summed E-state index contributed by atoms with van der Waals surface area (Å²) in [6, 6.07) is 15.9. The number of aldehydes is 1. The van der Waals surface area contributed by atoms with Crippen molar-refractivity contribution in [2.24, 2.45) is 23.1 Å². The van der Waals surface area contributed by atoms with Gasteiger partial charge in [-0.05, 0) is 27.7 Å². The topological polar surface area (TPSA) is 95.7 Å². The Kier molecular flexibility index (Phi) is 5.84. The highest BCUT2D eigenvalue weighted by Crippen LogP contribution is 2.44. The Hall–Kier alpha value is -2.99. The smallest absolute Gasteiger partial charge is 0.329 e. The van der Waals surface area contributed by atoms with Crippen LogP contribution in [0.3, 0.4) is 0 Å². The SMILES string of the molecule is CC(C)(C)C(C(=O)ON)[C@@H](C=O)C(=O)OCC1c2ccccc2-c2ccccc21. The van der Waals surface area contributed by atoms with E-state index in [9.17, 15) is 14.4 Å². The van der Waals surface area contributed by atoms with Crippen LogP contribution in [-0.2, 0) is 24.0 Å². The van der Waals surface area contributed by atoms with E-state index in [0.717, 1.165) is 22.3 Å². The third kappa shape index (κ3) is 3.93. The van der Waals surface area contributed by atoms with Gasteiger partial charge in [0.15, 0.2) is 0 Å². The molecule has 1 aliphatic carbocycles. The lowest BCUT2D eigenvalue weighted by Crippen LogP contribution is -2.42. The molecule has 0 radical (unpaired) electrons. The van der Waals surface area contributed by atoms with Crippen LogP contribution in [0.5, 0.6) is 0 Å². The van der Waals surface area contributed by atoms with E-state index in [0.29, 0.717) is 6.29 Å². The minimum absolute atomic E-state index is 0.0751. The molecular weight excluding hydrogens is 370 g/mol. The van der Waals surface area contributed by atoms with Crippen molar-refractivity contribution in [3.63, 3.8) is 0 Å². The van der Waals surface area contributed by atoms with Crippen molar-refractivity contribution >= 4 is 18.2 Å². The highest BCUT2D eigenvalue weighted by molar-refractivity contribution is 5.93. The molecule has 6 heteroatoms. The molecule has 0 saturated carbocycles. The van der Waals surface area contributed by atoms with Gasteiger partial charge in [0.25, 0.3) is 0 Å². The summed E-state index contributed by atoms with van der Waals surface area (Å²) in [5.41, 5.74) is 3.63. The van der Waals surface area contributed by atoms with Crippen molar-refractivity contribution in [1.29, 1.82) is 0 Å². The first-order chi connectivity index (χ1) is 13.8. The number of nitrogens with two attached hydrogens (primary N) is 1. The number of hydrogen-bond donors (Lipinski definition) is 1. The van der Waals surface area contributed by atoms with Crippen LogP contribution < -0.4 is 5.90 Å². The van der Waals surface area contributed by atoms with Gasteiger partial charge >= 0.3 is 11.9 Å². The monoisotopic (exact) mass is 395 g/mol. The Balaban J connectivity index is 1.83. The lowest BCUT2D eigenvalue weighted by molar-refractivity contribution is -0.166. The van der Waals surface area contributed by atoms with Gasteiger partial charge in [-0.15, -0.1) is 0 Å². The predicted molar refractivity (Wildman–Crippen MR) is 107 cm³/mol. The van der Waals surface area contributed by atoms with Crippen LogP contribution in [0, 0.1) is 17.3 Å².